The van der Waals surface area contributed by atoms with Crippen LogP contribution in [0.1, 0.15) is 20.8 Å². The van der Waals surface area contributed by atoms with Gasteiger partial charge in [-0.25, -0.2) is 18.4 Å². The van der Waals surface area contributed by atoms with Crippen LogP contribution in [0.25, 0.3) is 12.2 Å². The largest absolute Gasteiger partial charge is 0.497 e. The number of benzene rings is 1. The second kappa shape index (κ2) is 10.6. The lowest BCUT2D eigenvalue weighted by atomic mass is 10.1. The number of aliphatic hydroxyl groups is 1. The number of carbonyl (C=O) groups excluding carboxylic acids is 1. The van der Waals surface area contributed by atoms with Gasteiger partial charge in [0.1, 0.15) is 5.76 Å². The van der Waals surface area contributed by atoms with Crippen molar-refractivity contribution < 1.29 is 23.1 Å². The number of nitrogens with one attached hydrogen (secondary N) is 3. The molecule has 0 spiro atoms. The molecule has 1 aromatic heterocycles. The van der Waals surface area contributed by atoms with Gasteiger partial charge in [0.2, 0.25) is 5.91 Å². The third-order valence-electron chi connectivity index (χ3n) is 6.59. The molecule has 4 rings (SSSR count). The number of anilines is 3. The average Bonchev–Trinajstić information content (AvgIpc) is 3.45. The smallest absolute Gasteiger partial charge is 0.263 e. The van der Waals surface area contributed by atoms with Gasteiger partial charge in [-0.2, -0.15) is 0 Å². The van der Waals surface area contributed by atoms with E-state index in [1.54, 1.807) is 38.1 Å². The molecule has 1 amide bonds. The number of rotatable bonds is 9. The van der Waals surface area contributed by atoms with Crippen LogP contribution in [-0.2, 0) is 19.6 Å². The molecular formula is C27H32N6O5S. The molecule has 11 nitrogen and oxygen atoms in total. The van der Waals surface area contributed by atoms with Gasteiger partial charge in [-0.3, -0.25) is 9.52 Å². The summed E-state index contributed by atoms with van der Waals surface area (Å²) in [5.74, 6) is -0.222. The summed E-state index contributed by atoms with van der Waals surface area (Å²) in [7, 11) is -2.64. The monoisotopic (exact) mass is 552 g/mol. The van der Waals surface area contributed by atoms with Crippen LogP contribution >= 0.6 is 0 Å². The van der Waals surface area contributed by atoms with Gasteiger partial charge in [-0.05, 0) is 57.2 Å². The number of fused-ring (bicyclic) bond motifs is 1. The van der Waals surface area contributed by atoms with Crippen LogP contribution in [0.4, 0.5) is 17.3 Å². The number of hydrogen-bond donors (Lipinski definition) is 5. The highest BCUT2D eigenvalue weighted by molar-refractivity contribution is 7.92. The fraction of sp³-hybridized carbons (Fsp3) is 0.296. The Kier molecular flexibility index (Phi) is 7.64. The standard InChI is InChI=1S/C27H32N6O5S/c1-6-9-21-20(7-2)30-24(32-22-14-17(38-5)13-19-23(22)27(19,4)35)25(31-21)33-39(36,37)18-11-8-10-16(12-18)29-26(34)15(3)28/h6-15,19,23,35H,1,28H2,2-5H3,(H,29,34)(H,30,32)(H,31,33)/b20-7+,21-9+/t15-,19?,23?,27?/m0/s1. The quantitative estimate of drug-likeness (QED) is 0.307. The first-order valence-corrected chi connectivity index (χ1v) is 13.7. The van der Waals surface area contributed by atoms with Crippen LogP contribution in [0.15, 0.2) is 65.4 Å². The molecule has 2 aliphatic rings. The maximum atomic E-state index is 13.4. The number of nitrogens with zero attached hydrogens (tertiary/aromatic N) is 2. The summed E-state index contributed by atoms with van der Waals surface area (Å²) in [6.07, 6.45) is 8.48. The number of aromatic nitrogens is 2. The van der Waals surface area contributed by atoms with Gasteiger partial charge in [0.25, 0.3) is 10.0 Å². The molecule has 4 atom stereocenters. The fourth-order valence-corrected chi connectivity index (χ4v) is 5.46. The van der Waals surface area contributed by atoms with Gasteiger partial charge >= 0.3 is 0 Å². The number of amides is 1. The summed E-state index contributed by atoms with van der Waals surface area (Å²) in [5, 5.41) is 17.5. The lowest BCUT2D eigenvalue weighted by molar-refractivity contribution is -0.117. The first kappa shape index (κ1) is 28.0. The van der Waals surface area contributed by atoms with Gasteiger partial charge in [-0.1, -0.05) is 24.8 Å². The maximum absolute atomic E-state index is 13.4. The van der Waals surface area contributed by atoms with Gasteiger partial charge in [-0.15, -0.1) is 0 Å². The summed E-state index contributed by atoms with van der Waals surface area (Å²) >= 11 is 0. The number of nitrogens with two attached hydrogens (primary N) is 1. The van der Waals surface area contributed by atoms with E-state index in [2.05, 4.69) is 31.9 Å². The van der Waals surface area contributed by atoms with E-state index in [4.69, 9.17) is 10.5 Å². The minimum Gasteiger partial charge on any atom is -0.497 e. The van der Waals surface area contributed by atoms with Gasteiger partial charge in [0.15, 0.2) is 11.6 Å². The van der Waals surface area contributed by atoms with Crippen molar-refractivity contribution in [3.8, 4) is 0 Å². The van der Waals surface area contributed by atoms with Crippen LogP contribution in [0.5, 0.6) is 0 Å². The van der Waals surface area contributed by atoms with Crippen molar-refractivity contribution in [1.29, 1.82) is 0 Å². The van der Waals surface area contributed by atoms with Crippen molar-refractivity contribution in [3.05, 3.63) is 71.2 Å². The summed E-state index contributed by atoms with van der Waals surface area (Å²) in [5.41, 5.74) is 5.50. The lowest BCUT2D eigenvalue weighted by Gasteiger charge is -2.17. The Hall–Kier alpha value is -4.00. The van der Waals surface area contributed by atoms with Crippen molar-refractivity contribution in [2.45, 2.75) is 37.3 Å². The third kappa shape index (κ3) is 5.72. The van der Waals surface area contributed by atoms with Crippen molar-refractivity contribution in [3.63, 3.8) is 0 Å². The van der Waals surface area contributed by atoms with E-state index in [-0.39, 0.29) is 34.1 Å². The van der Waals surface area contributed by atoms with Crippen molar-refractivity contribution >= 4 is 45.4 Å². The molecule has 12 heteroatoms. The first-order valence-electron chi connectivity index (χ1n) is 12.2. The maximum Gasteiger partial charge on any atom is 0.263 e. The number of methoxy groups -OCH3 is 1. The second-order valence-corrected chi connectivity index (χ2v) is 11.2. The second-order valence-electron chi connectivity index (χ2n) is 9.52. The molecule has 39 heavy (non-hydrogen) atoms. The number of carbonyl (C=O) groups is 1. The Morgan fingerprint density at radius 1 is 1.28 bits per heavy atom. The lowest BCUT2D eigenvalue weighted by Crippen LogP contribution is -2.34. The Morgan fingerprint density at radius 3 is 2.64 bits per heavy atom. The summed E-state index contributed by atoms with van der Waals surface area (Å²) < 4.78 is 34.8. The molecule has 0 aliphatic heterocycles. The van der Waals surface area contributed by atoms with Crippen LogP contribution in [0.3, 0.4) is 0 Å². The highest BCUT2D eigenvalue weighted by Crippen LogP contribution is 2.57. The molecular weight excluding hydrogens is 520 g/mol. The number of hydrogen-bond acceptors (Lipinski definition) is 9. The van der Waals surface area contributed by atoms with Crippen LogP contribution in [0, 0.1) is 11.8 Å². The first-order chi connectivity index (χ1) is 18.4. The molecule has 0 radical (unpaired) electrons. The van der Waals surface area contributed by atoms with Gasteiger partial charge in [0, 0.05) is 23.2 Å². The van der Waals surface area contributed by atoms with Crippen LogP contribution in [-0.4, -0.2) is 48.2 Å². The number of ether oxygens (including phenoxy) is 1. The minimum absolute atomic E-state index is 0.0648. The van der Waals surface area contributed by atoms with Crippen molar-refractivity contribution in [2.75, 3.05) is 22.5 Å². The van der Waals surface area contributed by atoms with E-state index in [1.807, 2.05) is 6.08 Å². The molecule has 206 valence electrons. The van der Waals surface area contributed by atoms with E-state index in [1.165, 1.54) is 38.3 Å². The van der Waals surface area contributed by atoms with Crippen molar-refractivity contribution in [2.24, 2.45) is 17.6 Å². The predicted octanol–water partition coefficient (Wildman–Crippen LogP) is 1.17. The molecule has 1 fully saturated rings. The Morgan fingerprint density at radius 2 is 2.00 bits per heavy atom. The molecule has 0 bridgehead atoms. The van der Waals surface area contributed by atoms with Gasteiger partial charge < -0.3 is 26.2 Å². The number of allylic oxidation sites excluding steroid dienone is 2. The average molecular weight is 553 g/mol. The fourth-order valence-electron chi connectivity index (χ4n) is 4.40. The molecule has 6 N–H and O–H groups in total. The highest BCUT2D eigenvalue weighted by Gasteiger charge is 2.62. The van der Waals surface area contributed by atoms with Gasteiger partial charge in [0.05, 0.1) is 34.3 Å². The third-order valence-corrected chi connectivity index (χ3v) is 7.92. The topological polar surface area (TPSA) is 169 Å². The normalized spacial score (nSPS) is 23.6. The molecule has 0 saturated heterocycles. The summed E-state index contributed by atoms with van der Waals surface area (Å²) in [6, 6.07) is 5.00. The summed E-state index contributed by atoms with van der Waals surface area (Å²) in [6.45, 7) is 8.74. The molecule has 3 unspecified atom stereocenters. The molecule has 1 heterocycles. The van der Waals surface area contributed by atoms with E-state index >= 15 is 0 Å². The van der Waals surface area contributed by atoms with E-state index in [9.17, 15) is 18.3 Å². The van der Waals surface area contributed by atoms with E-state index in [0.717, 1.165) is 0 Å². The zero-order valence-electron chi connectivity index (χ0n) is 22.1. The Bertz CT molecular complexity index is 1610. The molecule has 2 aromatic rings. The molecule has 1 aromatic carbocycles. The molecule has 1 saturated carbocycles. The van der Waals surface area contributed by atoms with Crippen molar-refractivity contribution in [1.82, 2.24) is 9.97 Å². The van der Waals surface area contributed by atoms with E-state index in [0.29, 0.717) is 22.2 Å². The highest BCUT2D eigenvalue weighted by atomic mass is 32.2. The number of sulfonamides is 1. The predicted molar refractivity (Wildman–Crippen MR) is 150 cm³/mol. The van der Waals surface area contributed by atoms with Crippen LogP contribution in [0.2, 0.25) is 0 Å². The zero-order chi connectivity index (χ0) is 28.5. The van der Waals surface area contributed by atoms with Crippen LogP contribution < -0.4 is 31.8 Å². The van der Waals surface area contributed by atoms with E-state index < -0.39 is 27.6 Å². The zero-order valence-corrected chi connectivity index (χ0v) is 22.9. The minimum atomic E-state index is -4.18. The SMILES string of the molecule is C=C/C=c1/nc(NS(=O)(=O)c2cccc(NC(=O)[C@H](C)N)c2)c(NC2=CC(OC)=CC3C2C3(C)O)n/c1=C/C. The summed E-state index contributed by atoms with van der Waals surface area (Å²) in [4.78, 5) is 21.0. The molecule has 2 aliphatic carbocycles. The Labute approximate surface area is 226 Å². The Balaban J connectivity index is 1.75.